The first-order valence-corrected chi connectivity index (χ1v) is 7.45. The van der Waals surface area contributed by atoms with E-state index in [9.17, 15) is 9.59 Å². The quantitative estimate of drug-likeness (QED) is 0.837. The lowest BCUT2D eigenvalue weighted by atomic mass is 10.0. The van der Waals surface area contributed by atoms with E-state index >= 15 is 0 Å². The second-order valence-corrected chi connectivity index (χ2v) is 6.53. The van der Waals surface area contributed by atoms with Gasteiger partial charge in [0.15, 0.2) is 0 Å². The molecular weight excluding hydrogens is 274 g/mol. The third-order valence-electron chi connectivity index (χ3n) is 3.26. The number of aliphatic carboxylic acids is 1. The lowest BCUT2D eigenvalue weighted by Gasteiger charge is -2.21. The molecule has 1 unspecified atom stereocenters. The van der Waals surface area contributed by atoms with Gasteiger partial charge in [0.1, 0.15) is 0 Å². The molecule has 1 saturated heterocycles. The van der Waals surface area contributed by atoms with Gasteiger partial charge in [0.2, 0.25) is 5.91 Å². The molecule has 106 valence electrons. The average molecular weight is 291 g/mol. The molecule has 0 spiro atoms. The standard InChI is InChI=1S/C15H17NO3S/c1-15(8-3-9-20-15)14(19)16-12-5-2-4-11(10-12)6-7-13(17)18/h2,4-7,10H,3,8-9H2,1H3,(H,16,19)(H,17,18)/b7-6+. The number of anilines is 1. The summed E-state index contributed by atoms with van der Waals surface area (Å²) in [5.41, 5.74) is 1.44. The lowest BCUT2D eigenvalue weighted by molar-refractivity contribution is -0.131. The van der Waals surface area contributed by atoms with Gasteiger partial charge in [-0.3, -0.25) is 4.79 Å². The number of nitrogens with one attached hydrogen (secondary N) is 1. The van der Waals surface area contributed by atoms with Crippen LogP contribution in [0.1, 0.15) is 25.3 Å². The molecule has 2 N–H and O–H groups in total. The van der Waals surface area contributed by atoms with Crippen molar-refractivity contribution in [2.24, 2.45) is 0 Å². The minimum atomic E-state index is -0.991. The Morgan fingerprint density at radius 3 is 2.90 bits per heavy atom. The predicted molar refractivity (Wildman–Crippen MR) is 81.8 cm³/mol. The topological polar surface area (TPSA) is 66.4 Å². The molecule has 2 rings (SSSR count). The summed E-state index contributed by atoms with van der Waals surface area (Å²) in [6.07, 6.45) is 4.54. The maximum atomic E-state index is 12.3. The molecule has 1 aliphatic heterocycles. The van der Waals surface area contributed by atoms with Crippen LogP contribution in [0.3, 0.4) is 0 Å². The number of hydrogen-bond donors (Lipinski definition) is 2. The fraction of sp³-hybridized carbons (Fsp3) is 0.333. The highest BCUT2D eigenvalue weighted by atomic mass is 32.2. The maximum absolute atomic E-state index is 12.3. The Hall–Kier alpha value is -1.75. The Balaban J connectivity index is 2.08. The largest absolute Gasteiger partial charge is 0.478 e. The van der Waals surface area contributed by atoms with E-state index in [-0.39, 0.29) is 10.7 Å². The molecule has 1 aromatic carbocycles. The van der Waals surface area contributed by atoms with Gasteiger partial charge < -0.3 is 10.4 Å². The van der Waals surface area contributed by atoms with Crippen LogP contribution in [0, 0.1) is 0 Å². The summed E-state index contributed by atoms with van der Waals surface area (Å²) in [5.74, 6) is 0.0411. The normalized spacial score (nSPS) is 22.1. The first-order valence-electron chi connectivity index (χ1n) is 6.46. The van der Waals surface area contributed by atoms with Crippen molar-refractivity contribution in [1.29, 1.82) is 0 Å². The van der Waals surface area contributed by atoms with Crippen molar-refractivity contribution in [2.75, 3.05) is 11.1 Å². The van der Waals surface area contributed by atoms with Gasteiger partial charge in [-0.1, -0.05) is 12.1 Å². The third kappa shape index (κ3) is 3.63. The van der Waals surface area contributed by atoms with Crippen LogP contribution in [-0.2, 0) is 9.59 Å². The average Bonchev–Trinajstić information content (AvgIpc) is 2.85. The van der Waals surface area contributed by atoms with Gasteiger partial charge in [0, 0.05) is 11.8 Å². The summed E-state index contributed by atoms with van der Waals surface area (Å²) in [5, 5.41) is 11.5. The van der Waals surface area contributed by atoms with Crippen molar-refractivity contribution in [1.82, 2.24) is 0 Å². The number of thioether (sulfide) groups is 1. The van der Waals surface area contributed by atoms with Crippen LogP contribution in [0.15, 0.2) is 30.3 Å². The van der Waals surface area contributed by atoms with E-state index in [4.69, 9.17) is 5.11 Å². The van der Waals surface area contributed by atoms with Crippen molar-refractivity contribution in [3.63, 3.8) is 0 Å². The van der Waals surface area contributed by atoms with E-state index in [0.29, 0.717) is 5.69 Å². The van der Waals surface area contributed by atoms with Crippen molar-refractivity contribution in [2.45, 2.75) is 24.5 Å². The zero-order chi connectivity index (χ0) is 14.6. The van der Waals surface area contributed by atoms with Gasteiger partial charge >= 0.3 is 5.97 Å². The van der Waals surface area contributed by atoms with Crippen molar-refractivity contribution < 1.29 is 14.7 Å². The van der Waals surface area contributed by atoms with Crippen LogP contribution in [0.4, 0.5) is 5.69 Å². The zero-order valence-corrected chi connectivity index (χ0v) is 12.1. The summed E-state index contributed by atoms with van der Waals surface area (Å²) < 4.78 is -0.354. The molecule has 1 aromatic rings. The van der Waals surface area contributed by atoms with Crippen molar-refractivity contribution in [3.05, 3.63) is 35.9 Å². The molecule has 1 heterocycles. The van der Waals surface area contributed by atoms with E-state index < -0.39 is 5.97 Å². The van der Waals surface area contributed by atoms with Crippen LogP contribution in [0.5, 0.6) is 0 Å². The molecule has 1 amide bonds. The highest BCUT2D eigenvalue weighted by Gasteiger charge is 2.37. The molecule has 1 atom stereocenters. The summed E-state index contributed by atoms with van der Waals surface area (Å²) >= 11 is 1.69. The van der Waals surface area contributed by atoms with E-state index in [1.165, 1.54) is 6.08 Å². The molecule has 1 aliphatic rings. The van der Waals surface area contributed by atoms with E-state index in [1.807, 2.05) is 6.92 Å². The molecule has 20 heavy (non-hydrogen) atoms. The number of carbonyl (C=O) groups is 2. The molecule has 5 heteroatoms. The lowest BCUT2D eigenvalue weighted by Crippen LogP contribution is -2.34. The molecule has 0 bridgehead atoms. The highest BCUT2D eigenvalue weighted by Crippen LogP contribution is 2.38. The SMILES string of the molecule is CC1(C(=O)Nc2cccc(/C=C/C(=O)O)c2)CCCS1. The van der Waals surface area contributed by atoms with Gasteiger partial charge in [-0.05, 0) is 49.3 Å². The van der Waals surface area contributed by atoms with Gasteiger partial charge in [-0.25, -0.2) is 4.79 Å². The molecular formula is C15H17NO3S. The number of hydrogen-bond acceptors (Lipinski definition) is 3. The number of amides is 1. The van der Waals surface area contributed by atoms with Gasteiger partial charge in [0.25, 0.3) is 0 Å². The molecule has 0 radical (unpaired) electrons. The first-order chi connectivity index (χ1) is 9.49. The zero-order valence-electron chi connectivity index (χ0n) is 11.3. The molecule has 0 aliphatic carbocycles. The second-order valence-electron chi connectivity index (χ2n) is 4.93. The fourth-order valence-corrected chi connectivity index (χ4v) is 3.32. The minimum Gasteiger partial charge on any atom is -0.478 e. The summed E-state index contributed by atoms with van der Waals surface area (Å²) in [7, 11) is 0. The summed E-state index contributed by atoms with van der Waals surface area (Å²) in [6.45, 7) is 1.97. The van der Waals surface area contributed by atoms with Gasteiger partial charge in [-0.15, -0.1) is 11.8 Å². The van der Waals surface area contributed by atoms with Crippen LogP contribution in [0.25, 0.3) is 6.08 Å². The Labute approximate surface area is 122 Å². The Morgan fingerprint density at radius 1 is 1.45 bits per heavy atom. The summed E-state index contributed by atoms with van der Waals surface area (Å²) in [4.78, 5) is 22.8. The predicted octanol–water partition coefficient (Wildman–Crippen LogP) is 3.01. The highest BCUT2D eigenvalue weighted by molar-refractivity contribution is 8.01. The number of carboxylic acid groups (broad SMARTS) is 1. The van der Waals surface area contributed by atoms with E-state index in [0.717, 1.165) is 30.2 Å². The monoisotopic (exact) mass is 291 g/mol. The molecule has 4 nitrogen and oxygen atoms in total. The second kappa shape index (κ2) is 6.13. The van der Waals surface area contributed by atoms with Crippen molar-refractivity contribution in [3.8, 4) is 0 Å². The van der Waals surface area contributed by atoms with Crippen LogP contribution in [-0.4, -0.2) is 27.5 Å². The molecule has 0 saturated carbocycles. The van der Waals surface area contributed by atoms with E-state index in [1.54, 1.807) is 36.0 Å². The Kier molecular flexibility index (Phi) is 4.49. The maximum Gasteiger partial charge on any atom is 0.328 e. The van der Waals surface area contributed by atoms with Gasteiger partial charge in [0.05, 0.1) is 4.75 Å². The smallest absolute Gasteiger partial charge is 0.328 e. The third-order valence-corrected chi connectivity index (χ3v) is 4.78. The number of carboxylic acids is 1. The number of benzene rings is 1. The van der Waals surface area contributed by atoms with E-state index in [2.05, 4.69) is 5.32 Å². The molecule has 1 fully saturated rings. The minimum absolute atomic E-state index is 0.0133. The first kappa shape index (κ1) is 14.7. The number of rotatable bonds is 4. The summed E-state index contributed by atoms with van der Waals surface area (Å²) in [6, 6.07) is 7.15. The van der Waals surface area contributed by atoms with Crippen LogP contribution in [0.2, 0.25) is 0 Å². The Bertz CT molecular complexity index is 548. The fourth-order valence-electron chi connectivity index (χ4n) is 2.11. The van der Waals surface area contributed by atoms with Crippen molar-refractivity contribution >= 4 is 35.4 Å². The van der Waals surface area contributed by atoms with Crippen LogP contribution < -0.4 is 5.32 Å². The Morgan fingerprint density at radius 2 is 2.25 bits per heavy atom. The number of carbonyl (C=O) groups excluding carboxylic acids is 1. The van der Waals surface area contributed by atoms with Crippen LogP contribution >= 0.6 is 11.8 Å². The van der Waals surface area contributed by atoms with Gasteiger partial charge in [-0.2, -0.15) is 0 Å². The molecule has 0 aromatic heterocycles.